The predicted molar refractivity (Wildman–Crippen MR) is 90.4 cm³/mol. The molecule has 0 bridgehead atoms. The fraction of sp³-hybridized carbons (Fsp3) is 0.762. The number of carbonyl (C=O) groups excluding carboxylic acids is 1. The minimum atomic E-state index is -0.916. The van der Waals surface area contributed by atoms with Gasteiger partial charge in [0.15, 0.2) is 5.78 Å². The summed E-state index contributed by atoms with van der Waals surface area (Å²) >= 11 is 0. The molecule has 0 spiro atoms. The van der Waals surface area contributed by atoms with Gasteiger partial charge >= 0.3 is 0 Å². The van der Waals surface area contributed by atoms with Gasteiger partial charge in [0, 0.05) is 11.8 Å². The molecule has 7 atom stereocenters. The summed E-state index contributed by atoms with van der Waals surface area (Å²) in [5.41, 5.74) is 0.382. The zero-order valence-electron chi connectivity index (χ0n) is 14.3. The number of terminal acetylenes is 1. The fourth-order valence-electron chi connectivity index (χ4n) is 6.84. The van der Waals surface area contributed by atoms with Gasteiger partial charge in [0.1, 0.15) is 5.60 Å². The van der Waals surface area contributed by atoms with E-state index < -0.39 is 5.60 Å². The topological polar surface area (TPSA) is 37.3 Å². The molecule has 23 heavy (non-hydrogen) atoms. The fourth-order valence-corrected chi connectivity index (χ4v) is 6.84. The van der Waals surface area contributed by atoms with Crippen LogP contribution in [0.4, 0.5) is 0 Å². The number of fused-ring (bicyclic) bond motifs is 5. The highest BCUT2D eigenvalue weighted by Gasteiger charge is 2.62. The quantitative estimate of drug-likeness (QED) is 0.692. The average molecular weight is 312 g/mol. The van der Waals surface area contributed by atoms with Crippen LogP contribution in [0.1, 0.15) is 58.8 Å². The van der Waals surface area contributed by atoms with Gasteiger partial charge in [0.05, 0.1) is 0 Å². The summed E-state index contributed by atoms with van der Waals surface area (Å²) in [5, 5.41) is 11.0. The second-order valence-corrected chi connectivity index (χ2v) is 8.86. The van der Waals surface area contributed by atoms with Crippen LogP contribution in [-0.4, -0.2) is 16.5 Å². The Morgan fingerprint density at radius 1 is 1.30 bits per heavy atom. The van der Waals surface area contributed by atoms with Gasteiger partial charge in [0.25, 0.3) is 0 Å². The van der Waals surface area contributed by atoms with Crippen molar-refractivity contribution >= 4 is 5.78 Å². The van der Waals surface area contributed by atoms with E-state index in [9.17, 15) is 9.90 Å². The van der Waals surface area contributed by atoms with E-state index >= 15 is 0 Å². The van der Waals surface area contributed by atoms with Crippen LogP contribution in [0.5, 0.6) is 0 Å². The van der Waals surface area contributed by atoms with Crippen LogP contribution in [0.15, 0.2) is 11.6 Å². The van der Waals surface area contributed by atoms with Crippen molar-refractivity contribution in [2.75, 3.05) is 0 Å². The van der Waals surface area contributed by atoms with Crippen LogP contribution in [0.2, 0.25) is 0 Å². The molecule has 0 amide bonds. The second kappa shape index (κ2) is 4.96. The van der Waals surface area contributed by atoms with Crippen molar-refractivity contribution < 1.29 is 9.90 Å². The van der Waals surface area contributed by atoms with E-state index in [2.05, 4.69) is 19.8 Å². The molecule has 2 nitrogen and oxygen atoms in total. The third kappa shape index (κ3) is 1.96. The summed E-state index contributed by atoms with van der Waals surface area (Å²) in [6, 6.07) is 0. The summed E-state index contributed by atoms with van der Waals surface area (Å²) in [7, 11) is 0. The lowest BCUT2D eigenvalue weighted by atomic mass is 9.48. The Kier molecular flexibility index (Phi) is 3.34. The number of hydrogen-bond donors (Lipinski definition) is 1. The van der Waals surface area contributed by atoms with Crippen LogP contribution >= 0.6 is 0 Å². The average Bonchev–Trinajstić information content (AvgIpc) is 2.79. The molecule has 124 valence electrons. The molecule has 3 saturated carbocycles. The largest absolute Gasteiger partial charge is 0.377 e. The first kappa shape index (κ1) is 15.5. The minimum Gasteiger partial charge on any atom is -0.377 e. The van der Waals surface area contributed by atoms with Gasteiger partial charge in [0.2, 0.25) is 0 Å². The maximum atomic E-state index is 11.8. The van der Waals surface area contributed by atoms with Crippen molar-refractivity contribution in [3.05, 3.63) is 11.6 Å². The molecule has 0 aromatic heterocycles. The normalized spacial score (nSPS) is 52.0. The zero-order chi connectivity index (χ0) is 16.4. The van der Waals surface area contributed by atoms with E-state index in [-0.39, 0.29) is 5.41 Å². The van der Waals surface area contributed by atoms with Crippen molar-refractivity contribution in [1.29, 1.82) is 0 Å². The Morgan fingerprint density at radius 2 is 2.09 bits per heavy atom. The van der Waals surface area contributed by atoms with Gasteiger partial charge in [-0.25, -0.2) is 0 Å². The van der Waals surface area contributed by atoms with Crippen LogP contribution in [0.25, 0.3) is 0 Å². The molecule has 0 unspecified atom stereocenters. The number of aliphatic hydroxyl groups is 1. The lowest BCUT2D eigenvalue weighted by molar-refractivity contribution is -0.117. The standard InChI is InChI=1S/C21H28O2/c1-4-21(23)10-8-18-19-13(2)11-14-12-15(22)5-6-16(14)17(19)7-9-20(18,21)3/h1,12-13,16-19,23H,5-11H2,2-3H3/t13-,16+,17+,18-,19-,20+,21+/m1/s1. The maximum Gasteiger partial charge on any atom is 0.155 e. The number of rotatable bonds is 0. The van der Waals surface area contributed by atoms with Crippen molar-refractivity contribution in [2.45, 2.75) is 64.4 Å². The molecule has 0 radical (unpaired) electrons. The van der Waals surface area contributed by atoms with Gasteiger partial charge < -0.3 is 5.11 Å². The monoisotopic (exact) mass is 312 g/mol. The van der Waals surface area contributed by atoms with Crippen molar-refractivity contribution in [3.63, 3.8) is 0 Å². The van der Waals surface area contributed by atoms with E-state index in [0.717, 1.165) is 44.9 Å². The number of allylic oxidation sites excluding steroid dienone is 1. The summed E-state index contributed by atoms with van der Waals surface area (Å²) < 4.78 is 0. The van der Waals surface area contributed by atoms with Crippen molar-refractivity contribution in [1.82, 2.24) is 0 Å². The second-order valence-electron chi connectivity index (χ2n) is 8.86. The maximum absolute atomic E-state index is 11.8. The molecule has 0 heterocycles. The molecule has 0 saturated heterocycles. The first-order valence-corrected chi connectivity index (χ1v) is 9.33. The summed E-state index contributed by atoms with van der Waals surface area (Å²) in [5.74, 6) is 6.17. The highest BCUT2D eigenvalue weighted by atomic mass is 16.3. The Hall–Kier alpha value is -1.07. The first-order valence-electron chi connectivity index (χ1n) is 9.33. The van der Waals surface area contributed by atoms with Gasteiger partial charge in [-0.1, -0.05) is 25.3 Å². The molecule has 4 aliphatic carbocycles. The zero-order valence-corrected chi connectivity index (χ0v) is 14.3. The molecule has 2 heteroatoms. The summed E-state index contributed by atoms with van der Waals surface area (Å²) in [6.07, 6.45) is 14.5. The molecular formula is C21H28O2. The third-order valence-electron chi connectivity index (χ3n) is 8.03. The third-order valence-corrected chi connectivity index (χ3v) is 8.03. The Bertz CT molecular complexity index is 612. The van der Waals surface area contributed by atoms with Gasteiger partial charge in [-0.2, -0.15) is 0 Å². The molecular weight excluding hydrogens is 284 g/mol. The van der Waals surface area contributed by atoms with E-state index in [4.69, 9.17) is 6.42 Å². The highest BCUT2D eigenvalue weighted by Crippen LogP contribution is 2.65. The number of carbonyl (C=O) groups is 1. The van der Waals surface area contributed by atoms with Crippen LogP contribution in [-0.2, 0) is 4.79 Å². The van der Waals surface area contributed by atoms with Gasteiger partial charge in [-0.15, -0.1) is 6.42 Å². The van der Waals surface area contributed by atoms with Crippen LogP contribution in [0, 0.1) is 47.3 Å². The molecule has 0 aromatic rings. The smallest absolute Gasteiger partial charge is 0.155 e. The predicted octanol–water partition coefficient (Wildman–Crippen LogP) is 3.74. The highest BCUT2D eigenvalue weighted by molar-refractivity contribution is 5.91. The molecule has 4 aliphatic rings. The van der Waals surface area contributed by atoms with Crippen molar-refractivity contribution in [2.24, 2.45) is 35.0 Å². The molecule has 0 aliphatic heterocycles. The Morgan fingerprint density at radius 3 is 2.83 bits per heavy atom. The minimum absolute atomic E-state index is 0.122. The molecule has 4 rings (SSSR count). The Labute approximate surface area is 139 Å². The van der Waals surface area contributed by atoms with Crippen molar-refractivity contribution in [3.8, 4) is 12.3 Å². The van der Waals surface area contributed by atoms with Crippen LogP contribution in [0.3, 0.4) is 0 Å². The Balaban J connectivity index is 1.70. The number of ketones is 1. The van der Waals surface area contributed by atoms with E-state index in [1.807, 2.05) is 6.08 Å². The van der Waals surface area contributed by atoms with E-state index in [0.29, 0.717) is 35.4 Å². The van der Waals surface area contributed by atoms with E-state index in [1.54, 1.807) is 0 Å². The lowest BCUT2D eigenvalue weighted by Gasteiger charge is -2.56. The van der Waals surface area contributed by atoms with Gasteiger partial charge in [-0.3, -0.25) is 4.79 Å². The first-order chi connectivity index (χ1) is 10.9. The SMILES string of the molecule is C#C[C@]1(O)CC[C@@H]2[C@H]3[C@@H](CC[C@@]21C)[C@H]1CCC(=O)C=C1C[C@H]3C. The summed E-state index contributed by atoms with van der Waals surface area (Å²) in [4.78, 5) is 11.8. The number of hydrogen-bond acceptors (Lipinski definition) is 2. The van der Waals surface area contributed by atoms with Gasteiger partial charge in [-0.05, 0) is 74.2 Å². The summed E-state index contributed by atoms with van der Waals surface area (Å²) in [6.45, 7) is 4.59. The van der Waals surface area contributed by atoms with Crippen LogP contribution < -0.4 is 0 Å². The molecule has 0 aromatic carbocycles. The lowest BCUT2D eigenvalue weighted by Crippen LogP contribution is -2.53. The molecule has 1 N–H and O–H groups in total. The molecule has 3 fully saturated rings. The van der Waals surface area contributed by atoms with E-state index in [1.165, 1.54) is 5.57 Å².